The zero-order chi connectivity index (χ0) is 18.5. The van der Waals surface area contributed by atoms with E-state index in [-0.39, 0.29) is 5.91 Å². The molecule has 1 aromatic heterocycles. The van der Waals surface area contributed by atoms with E-state index in [1.807, 2.05) is 56.3 Å². The predicted octanol–water partition coefficient (Wildman–Crippen LogP) is 5.39. The van der Waals surface area contributed by atoms with E-state index in [9.17, 15) is 4.79 Å². The minimum absolute atomic E-state index is 0.0518. The van der Waals surface area contributed by atoms with Crippen LogP contribution in [0, 0.1) is 13.8 Å². The number of thioether (sulfide) groups is 1. The lowest BCUT2D eigenvalue weighted by Crippen LogP contribution is -2.15. The molecule has 8 heteroatoms. The minimum atomic E-state index is -0.0518. The molecule has 3 rings (SSSR count). The standard InChI is InChI=1S/C18H17BrN4OS2/c1-11-5-3-6-12(2)16(11)21-15(24)10-25-18-23-22-17(26-18)20-14-8-4-7-13(19)9-14/h3-9H,10H2,1-2H3,(H,20,22)(H,21,24). The summed E-state index contributed by atoms with van der Waals surface area (Å²) < 4.78 is 1.74. The smallest absolute Gasteiger partial charge is 0.234 e. The highest BCUT2D eigenvalue weighted by Crippen LogP contribution is 2.29. The summed E-state index contributed by atoms with van der Waals surface area (Å²) in [5.41, 5.74) is 3.92. The molecular weight excluding hydrogens is 432 g/mol. The maximum Gasteiger partial charge on any atom is 0.234 e. The molecule has 2 aromatic carbocycles. The molecule has 0 radical (unpaired) electrons. The molecule has 1 heterocycles. The second-order valence-corrected chi connectivity index (χ2v) is 8.73. The quantitative estimate of drug-likeness (QED) is 0.494. The van der Waals surface area contributed by atoms with Crippen LogP contribution in [-0.2, 0) is 4.79 Å². The Bertz CT molecular complexity index is 909. The molecule has 0 aliphatic carbocycles. The lowest BCUT2D eigenvalue weighted by molar-refractivity contribution is -0.113. The van der Waals surface area contributed by atoms with Gasteiger partial charge in [-0.05, 0) is 43.2 Å². The third-order valence-electron chi connectivity index (χ3n) is 3.55. The van der Waals surface area contributed by atoms with Crippen molar-refractivity contribution >= 4 is 61.4 Å². The van der Waals surface area contributed by atoms with Crippen LogP contribution in [0.4, 0.5) is 16.5 Å². The van der Waals surface area contributed by atoms with Crippen molar-refractivity contribution in [3.63, 3.8) is 0 Å². The Hall–Kier alpha value is -1.90. The van der Waals surface area contributed by atoms with E-state index in [0.29, 0.717) is 10.9 Å². The van der Waals surface area contributed by atoms with Crippen molar-refractivity contribution in [1.82, 2.24) is 10.2 Å². The minimum Gasteiger partial charge on any atom is -0.330 e. The molecule has 0 saturated carbocycles. The van der Waals surface area contributed by atoms with Crippen LogP contribution >= 0.6 is 39.0 Å². The Morgan fingerprint density at radius 3 is 2.62 bits per heavy atom. The number of amides is 1. The van der Waals surface area contributed by atoms with Crippen molar-refractivity contribution in [3.8, 4) is 0 Å². The zero-order valence-corrected chi connectivity index (χ0v) is 17.5. The van der Waals surface area contributed by atoms with E-state index >= 15 is 0 Å². The van der Waals surface area contributed by atoms with Crippen molar-refractivity contribution < 1.29 is 4.79 Å². The molecule has 0 aliphatic heterocycles. The summed E-state index contributed by atoms with van der Waals surface area (Å²) in [5, 5.41) is 15.1. The molecule has 0 atom stereocenters. The van der Waals surface area contributed by atoms with Crippen LogP contribution in [0.2, 0.25) is 0 Å². The summed E-state index contributed by atoms with van der Waals surface area (Å²) >= 11 is 6.24. The number of anilines is 3. The van der Waals surface area contributed by atoms with Crippen LogP contribution < -0.4 is 10.6 Å². The highest BCUT2D eigenvalue weighted by atomic mass is 79.9. The van der Waals surface area contributed by atoms with Gasteiger partial charge in [0.1, 0.15) is 0 Å². The Kier molecular flexibility index (Phi) is 6.29. The van der Waals surface area contributed by atoms with E-state index in [1.54, 1.807) is 0 Å². The van der Waals surface area contributed by atoms with Gasteiger partial charge in [0.05, 0.1) is 5.75 Å². The molecular formula is C18H17BrN4OS2. The van der Waals surface area contributed by atoms with Gasteiger partial charge in [-0.25, -0.2) is 0 Å². The average Bonchev–Trinajstić information content (AvgIpc) is 3.04. The number of rotatable bonds is 6. The monoisotopic (exact) mass is 448 g/mol. The summed E-state index contributed by atoms with van der Waals surface area (Å²) in [5.74, 6) is 0.239. The first-order chi connectivity index (χ1) is 12.5. The molecule has 26 heavy (non-hydrogen) atoms. The molecule has 2 N–H and O–H groups in total. The van der Waals surface area contributed by atoms with Gasteiger partial charge in [0.15, 0.2) is 4.34 Å². The largest absolute Gasteiger partial charge is 0.330 e. The molecule has 134 valence electrons. The second-order valence-electron chi connectivity index (χ2n) is 5.61. The van der Waals surface area contributed by atoms with Gasteiger partial charge in [0.2, 0.25) is 11.0 Å². The van der Waals surface area contributed by atoms with Crippen LogP contribution in [0.15, 0.2) is 51.3 Å². The van der Waals surface area contributed by atoms with Crippen molar-refractivity contribution in [3.05, 3.63) is 58.1 Å². The average molecular weight is 449 g/mol. The lowest BCUT2D eigenvalue weighted by atomic mass is 10.1. The van der Waals surface area contributed by atoms with Gasteiger partial charge in [0.25, 0.3) is 0 Å². The number of nitrogens with one attached hydrogen (secondary N) is 2. The first-order valence-corrected chi connectivity index (χ1v) is 10.5. The number of carbonyl (C=O) groups excluding carboxylic acids is 1. The Morgan fingerprint density at radius 1 is 1.15 bits per heavy atom. The molecule has 3 aromatic rings. The van der Waals surface area contributed by atoms with Crippen LogP contribution in [0.5, 0.6) is 0 Å². The van der Waals surface area contributed by atoms with Crippen molar-refractivity contribution in [2.24, 2.45) is 0 Å². The third-order valence-corrected chi connectivity index (χ3v) is 6.02. The fourth-order valence-electron chi connectivity index (χ4n) is 2.32. The van der Waals surface area contributed by atoms with E-state index in [1.165, 1.54) is 23.1 Å². The van der Waals surface area contributed by atoms with E-state index < -0.39 is 0 Å². The van der Waals surface area contributed by atoms with Crippen molar-refractivity contribution in [2.45, 2.75) is 18.2 Å². The van der Waals surface area contributed by atoms with Crippen LogP contribution in [-0.4, -0.2) is 21.9 Å². The fraction of sp³-hybridized carbons (Fsp3) is 0.167. The number of hydrogen-bond acceptors (Lipinski definition) is 6. The SMILES string of the molecule is Cc1cccc(C)c1NC(=O)CSc1nnc(Nc2cccc(Br)c2)s1. The lowest BCUT2D eigenvalue weighted by Gasteiger charge is -2.10. The number of benzene rings is 2. The number of hydrogen-bond donors (Lipinski definition) is 2. The number of para-hydroxylation sites is 1. The van der Waals surface area contributed by atoms with Crippen molar-refractivity contribution in [1.29, 1.82) is 0 Å². The number of carbonyl (C=O) groups is 1. The summed E-state index contributed by atoms with van der Waals surface area (Å²) in [6.07, 6.45) is 0. The highest BCUT2D eigenvalue weighted by Gasteiger charge is 2.11. The summed E-state index contributed by atoms with van der Waals surface area (Å²) in [7, 11) is 0. The predicted molar refractivity (Wildman–Crippen MR) is 113 cm³/mol. The van der Waals surface area contributed by atoms with Gasteiger partial charge in [-0.3, -0.25) is 4.79 Å². The summed E-state index contributed by atoms with van der Waals surface area (Å²) in [4.78, 5) is 12.2. The van der Waals surface area contributed by atoms with E-state index in [2.05, 4.69) is 36.8 Å². The topological polar surface area (TPSA) is 66.9 Å². The number of aryl methyl sites for hydroxylation is 2. The van der Waals surface area contributed by atoms with Gasteiger partial charge in [0, 0.05) is 15.8 Å². The first kappa shape index (κ1) is 18.9. The number of halogens is 1. The summed E-state index contributed by atoms with van der Waals surface area (Å²) in [6, 6.07) is 13.8. The maximum atomic E-state index is 12.2. The molecule has 0 unspecified atom stereocenters. The maximum absolute atomic E-state index is 12.2. The van der Waals surface area contributed by atoms with Gasteiger partial charge >= 0.3 is 0 Å². The second kappa shape index (κ2) is 8.66. The Labute approximate surface area is 168 Å². The van der Waals surface area contributed by atoms with Gasteiger partial charge in [-0.1, -0.05) is 63.3 Å². The van der Waals surface area contributed by atoms with Gasteiger partial charge in [-0.2, -0.15) is 0 Å². The van der Waals surface area contributed by atoms with Gasteiger partial charge < -0.3 is 10.6 Å². The molecule has 0 bridgehead atoms. The first-order valence-electron chi connectivity index (χ1n) is 7.86. The van der Waals surface area contributed by atoms with E-state index in [4.69, 9.17) is 0 Å². The molecule has 1 amide bonds. The number of aromatic nitrogens is 2. The Balaban J connectivity index is 1.55. The van der Waals surface area contributed by atoms with Crippen LogP contribution in [0.25, 0.3) is 0 Å². The normalized spacial score (nSPS) is 10.6. The van der Waals surface area contributed by atoms with Crippen LogP contribution in [0.3, 0.4) is 0 Å². The molecule has 0 spiro atoms. The highest BCUT2D eigenvalue weighted by molar-refractivity contribution is 9.10. The van der Waals surface area contributed by atoms with Gasteiger partial charge in [-0.15, -0.1) is 10.2 Å². The number of nitrogens with zero attached hydrogens (tertiary/aromatic N) is 2. The van der Waals surface area contributed by atoms with E-state index in [0.717, 1.165) is 31.3 Å². The third kappa shape index (κ3) is 5.06. The molecule has 0 fully saturated rings. The molecule has 5 nitrogen and oxygen atoms in total. The Morgan fingerprint density at radius 2 is 1.88 bits per heavy atom. The molecule has 0 aliphatic rings. The zero-order valence-electron chi connectivity index (χ0n) is 14.2. The molecule has 0 saturated heterocycles. The van der Waals surface area contributed by atoms with Crippen molar-refractivity contribution in [2.75, 3.05) is 16.4 Å². The summed E-state index contributed by atoms with van der Waals surface area (Å²) in [6.45, 7) is 3.97. The fourth-order valence-corrected chi connectivity index (χ4v) is 4.29. The van der Waals surface area contributed by atoms with Crippen LogP contribution in [0.1, 0.15) is 11.1 Å².